The lowest BCUT2D eigenvalue weighted by molar-refractivity contribution is -0.145. The third-order valence-corrected chi connectivity index (χ3v) is 4.08. The Morgan fingerprint density at radius 3 is 2.39 bits per heavy atom. The lowest BCUT2D eigenvalue weighted by Gasteiger charge is -2.41. The molecule has 2 N–H and O–H groups in total. The fourth-order valence-electron chi connectivity index (χ4n) is 2.37. The van der Waals surface area contributed by atoms with E-state index < -0.39 is 0 Å². The number of nitrogens with zero attached hydrogens (tertiary/aromatic N) is 1. The fraction of sp³-hybridized carbons (Fsp3) is 0.929. The Morgan fingerprint density at radius 2 is 2.06 bits per heavy atom. The van der Waals surface area contributed by atoms with E-state index in [2.05, 4.69) is 13.8 Å². The molecular formula is C14H28N2O2. The zero-order valence-electron chi connectivity index (χ0n) is 12.3. The quantitative estimate of drug-likeness (QED) is 0.755. The van der Waals surface area contributed by atoms with E-state index >= 15 is 0 Å². The molecule has 1 aliphatic rings. The fourth-order valence-corrected chi connectivity index (χ4v) is 2.37. The second kappa shape index (κ2) is 6.02. The van der Waals surface area contributed by atoms with Crippen molar-refractivity contribution < 1.29 is 9.53 Å². The molecule has 4 heteroatoms. The summed E-state index contributed by atoms with van der Waals surface area (Å²) in [7, 11) is 1.71. The zero-order chi connectivity index (χ0) is 13.8. The molecule has 4 nitrogen and oxygen atoms in total. The SMILES string of the molecule is CCN(CC(C)(C)CN)C(=O)CC1(OC)CCC1. The number of amides is 1. The molecule has 0 aromatic heterocycles. The summed E-state index contributed by atoms with van der Waals surface area (Å²) in [6.45, 7) is 8.26. The van der Waals surface area contributed by atoms with Crippen molar-refractivity contribution in [2.75, 3.05) is 26.7 Å². The first-order valence-corrected chi connectivity index (χ1v) is 6.91. The number of hydrogen-bond donors (Lipinski definition) is 1. The third kappa shape index (κ3) is 3.69. The van der Waals surface area contributed by atoms with Gasteiger partial charge < -0.3 is 15.4 Å². The van der Waals surface area contributed by atoms with Crippen molar-refractivity contribution in [2.45, 2.75) is 52.1 Å². The second-order valence-corrected chi connectivity index (χ2v) is 6.19. The normalized spacial score (nSPS) is 18.3. The Balaban J connectivity index is 2.57. The van der Waals surface area contributed by atoms with E-state index in [-0.39, 0.29) is 16.9 Å². The van der Waals surface area contributed by atoms with Gasteiger partial charge in [0, 0.05) is 20.2 Å². The van der Waals surface area contributed by atoms with Crippen LogP contribution in [0.5, 0.6) is 0 Å². The molecule has 1 amide bonds. The first kappa shape index (κ1) is 15.4. The molecule has 1 rings (SSSR count). The van der Waals surface area contributed by atoms with Crippen molar-refractivity contribution in [1.82, 2.24) is 4.90 Å². The van der Waals surface area contributed by atoms with Crippen molar-refractivity contribution in [3.63, 3.8) is 0 Å². The number of rotatable bonds is 7. The Kier molecular flexibility index (Phi) is 5.17. The van der Waals surface area contributed by atoms with Crippen LogP contribution >= 0.6 is 0 Å². The second-order valence-electron chi connectivity index (χ2n) is 6.19. The van der Waals surface area contributed by atoms with Gasteiger partial charge in [0.1, 0.15) is 0 Å². The molecule has 0 aromatic rings. The Labute approximate surface area is 111 Å². The smallest absolute Gasteiger partial charge is 0.225 e. The van der Waals surface area contributed by atoms with Crippen molar-refractivity contribution in [1.29, 1.82) is 0 Å². The summed E-state index contributed by atoms with van der Waals surface area (Å²) in [5.74, 6) is 0.195. The molecule has 1 aliphatic carbocycles. The molecule has 0 aliphatic heterocycles. The molecule has 0 spiro atoms. The molecule has 0 saturated heterocycles. The van der Waals surface area contributed by atoms with Gasteiger partial charge in [-0.15, -0.1) is 0 Å². The number of nitrogens with two attached hydrogens (primary N) is 1. The summed E-state index contributed by atoms with van der Waals surface area (Å²) in [5, 5.41) is 0. The molecule has 0 atom stereocenters. The molecule has 0 unspecified atom stereocenters. The summed E-state index contributed by atoms with van der Waals surface area (Å²) >= 11 is 0. The van der Waals surface area contributed by atoms with E-state index in [9.17, 15) is 4.79 Å². The van der Waals surface area contributed by atoms with Gasteiger partial charge in [-0.1, -0.05) is 13.8 Å². The predicted octanol–water partition coefficient (Wildman–Crippen LogP) is 1.78. The highest BCUT2D eigenvalue weighted by molar-refractivity contribution is 5.77. The number of ether oxygens (including phenoxy) is 1. The molecular weight excluding hydrogens is 228 g/mol. The zero-order valence-corrected chi connectivity index (χ0v) is 12.3. The van der Waals surface area contributed by atoms with Gasteiger partial charge in [-0.25, -0.2) is 0 Å². The average Bonchev–Trinajstić information content (AvgIpc) is 2.30. The largest absolute Gasteiger partial charge is 0.378 e. The molecule has 1 saturated carbocycles. The monoisotopic (exact) mass is 256 g/mol. The van der Waals surface area contributed by atoms with Crippen LogP contribution in [0.4, 0.5) is 0 Å². The van der Waals surface area contributed by atoms with Crippen LogP contribution in [-0.2, 0) is 9.53 Å². The lowest BCUT2D eigenvalue weighted by atomic mass is 9.77. The maximum Gasteiger partial charge on any atom is 0.225 e. The van der Waals surface area contributed by atoms with E-state index in [1.807, 2.05) is 11.8 Å². The van der Waals surface area contributed by atoms with Crippen LogP contribution in [0, 0.1) is 5.41 Å². The highest BCUT2D eigenvalue weighted by Crippen LogP contribution is 2.38. The van der Waals surface area contributed by atoms with Crippen LogP contribution in [-0.4, -0.2) is 43.2 Å². The summed E-state index contributed by atoms with van der Waals surface area (Å²) < 4.78 is 5.52. The highest BCUT2D eigenvalue weighted by Gasteiger charge is 2.40. The lowest BCUT2D eigenvalue weighted by Crippen LogP contribution is -2.48. The first-order valence-electron chi connectivity index (χ1n) is 6.91. The van der Waals surface area contributed by atoms with Gasteiger partial charge in [0.15, 0.2) is 0 Å². The van der Waals surface area contributed by atoms with E-state index in [0.29, 0.717) is 13.0 Å². The molecule has 1 fully saturated rings. The standard InChI is InChI=1S/C14H28N2O2/c1-5-16(11-13(2,3)10-15)12(17)9-14(18-4)7-6-8-14/h5-11,15H2,1-4H3. The van der Waals surface area contributed by atoms with Gasteiger partial charge in [-0.3, -0.25) is 4.79 Å². The number of methoxy groups -OCH3 is 1. The third-order valence-electron chi connectivity index (χ3n) is 4.08. The molecule has 0 bridgehead atoms. The molecule has 0 aromatic carbocycles. The van der Waals surface area contributed by atoms with E-state index in [0.717, 1.165) is 25.9 Å². The van der Waals surface area contributed by atoms with Crippen molar-refractivity contribution >= 4 is 5.91 Å². The summed E-state index contributed by atoms with van der Waals surface area (Å²) in [5.41, 5.74) is 5.53. The minimum absolute atomic E-state index is 0.0223. The topological polar surface area (TPSA) is 55.6 Å². The predicted molar refractivity (Wildman–Crippen MR) is 73.3 cm³/mol. The van der Waals surface area contributed by atoms with Crippen LogP contribution in [0.2, 0.25) is 0 Å². The van der Waals surface area contributed by atoms with Crippen molar-refractivity contribution in [3.05, 3.63) is 0 Å². The van der Waals surface area contributed by atoms with Crippen molar-refractivity contribution in [3.8, 4) is 0 Å². The first-order chi connectivity index (χ1) is 8.38. The van der Waals surface area contributed by atoms with Gasteiger partial charge in [0.2, 0.25) is 5.91 Å². The summed E-state index contributed by atoms with van der Waals surface area (Å²) in [6.07, 6.45) is 3.69. The highest BCUT2D eigenvalue weighted by atomic mass is 16.5. The Bertz CT molecular complexity index is 280. The maximum absolute atomic E-state index is 12.3. The van der Waals surface area contributed by atoms with Crippen LogP contribution in [0.25, 0.3) is 0 Å². The van der Waals surface area contributed by atoms with Crippen LogP contribution < -0.4 is 5.73 Å². The summed E-state index contributed by atoms with van der Waals surface area (Å²) in [4.78, 5) is 14.2. The number of carbonyl (C=O) groups is 1. The van der Waals surface area contributed by atoms with E-state index in [1.54, 1.807) is 7.11 Å². The van der Waals surface area contributed by atoms with Gasteiger partial charge >= 0.3 is 0 Å². The minimum atomic E-state index is -0.183. The van der Waals surface area contributed by atoms with Gasteiger partial charge in [0.25, 0.3) is 0 Å². The Hall–Kier alpha value is -0.610. The molecule has 0 heterocycles. The van der Waals surface area contributed by atoms with Crippen LogP contribution in [0.1, 0.15) is 46.5 Å². The molecule has 0 radical (unpaired) electrons. The van der Waals surface area contributed by atoms with Gasteiger partial charge in [0.05, 0.1) is 12.0 Å². The van der Waals surface area contributed by atoms with Crippen LogP contribution in [0.3, 0.4) is 0 Å². The van der Waals surface area contributed by atoms with Gasteiger partial charge in [-0.2, -0.15) is 0 Å². The molecule has 18 heavy (non-hydrogen) atoms. The minimum Gasteiger partial charge on any atom is -0.378 e. The van der Waals surface area contributed by atoms with E-state index in [1.165, 1.54) is 6.42 Å². The maximum atomic E-state index is 12.3. The van der Waals surface area contributed by atoms with Crippen LogP contribution in [0.15, 0.2) is 0 Å². The Morgan fingerprint density at radius 1 is 1.44 bits per heavy atom. The number of carbonyl (C=O) groups excluding carboxylic acids is 1. The summed E-state index contributed by atoms with van der Waals surface area (Å²) in [6, 6.07) is 0. The van der Waals surface area contributed by atoms with Crippen molar-refractivity contribution in [2.24, 2.45) is 11.1 Å². The average molecular weight is 256 g/mol. The number of hydrogen-bond acceptors (Lipinski definition) is 3. The van der Waals surface area contributed by atoms with E-state index in [4.69, 9.17) is 10.5 Å². The molecule has 106 valence electrons. The van der Waals surface area contributed by atoms with Gasteiger partial charge in [-0.05, 0) is 38.1 Å².